The maximum Gasteiger partial charge on any atom is 0.259 e. The highest BCUT2D eigenvalue weighted by Gasteiger charge is 2.28. The summed E-state index contributed by atoms with van der Waals surface area (Å²) in [6.45, 7) is 5.44. The van der Waals surface area contributed by atoms with E-state index in [1.807, 2.05) is 43.0 Å². The molecule has 4 rings (SSSR count). The predicted molar refractivity (Wildman–Crippen MR) is 104 cm³/mol. The monoisotopic (exact) mass is 382 g/mol. The summed E-state index contributed by atoms with van der Waals surface area (Å²) >= 11 is 1.51. The number of aryl methyl sites for hydroxylation is 2. The average molecular weight is 382 g/mol. The van der Waals surface area contributed by atoms with Crippen molar-refractivity contribution in [2.75, 3.05) is 13.1 Å². The molecule has 6 nitrogen and oxygen atoms in total. The number of rotatable bonds is 4. The van der Waals surface area contributed by atoms with Gasteiger partial charge in [0.25, 0.3) is 5.89 Å². The summed E-state index contributed by atoms with van der Waals surface area (Å²) in [6, 6.07) is 8.06. The molecule has 1 aliphatic rings. The molecule has 1 amide bonds. The molecule has 140 valence electrons. The summed E-state index contributed by atoms with van der Waals surface area (Å²) in [6.07, 6.45) is 2.17. The number of carbonyl (C=O) groups is 1. The van der Waals surface area contributed by atoms with Crippen LogP contribution in [0.1, 0.15) is 41.5 Å². The second-order valence-electron chi connectivity index (χ2n) is 6.97. The Morgan fingerprint density at radius 3 is 2.70 bits per heavy atom. The third-order valence-electron chi connectivity index (χ3n) is 5.18. The van der Waals surface area contributed by atoms with Crippen molar-refractivity contribution in [3.8, 4) is 10.8 Å². The first-order chi connectivity index (χ1) is 13.1. The van der Waals surface area contributed by atoms with Crippen LogP contribution in [0.15, 0.2) is 34.2 Å². The molecular formula is C20H22N4O2S. The molecule has 7 heteroatoms. The van der Waals surface area contributed by atoms with Gasteiger partial charge in [-0.1, -0.05) is 24.3 Å². The second-order valence-corrected chi connectivity index (χ2v) is 7.83. The minimum atomic E-state index is 0.189. The Morgan fingerprint density at radius 1 is 1.22 bits per heavy atom. The smallest absolute Gasteiger partial charge is 0.259 e. The highest BCUT2D eigenvalue weighted by Crippen LogP contribution is 2.31. The van der Waals surface area contributed by atoms with Crippen LogP contribution in [0.25, 0.3) is 10.8 Å². The van der Waals surface area contributed by atoms with Gasteiger partial charge in [0, 0.05) is 19.0 Å². The lowest BCUT2D eigenvalue weighted by Crippen LogP contribution is -2.38. The third kappa shape index (κ3) is 3.78. The van der Waals surface area contributed by atoms with E-state index in [0.29, 0.717) is 18.2 Å². The second kappa shape index (κ2) is 7.60. The minimum absolute atomic E-state index is 0.189. The molecule has 27 heavy (non-hydrogen) atoms. The Kier molecular flexibility index (Phi) is 5.03. The molecule has 1 saturated heterocycles. The molecular weight excluding hydrogens is 360 g/mol. The molecule has 3 aromatic rings. The Morgan fingerprint density at radius 2 is 2.00 bits per heavy atom. The van der Waals surface area contributed by atoms with Crippen molar-refractivity contribution < 1.29 is 9.21 Å². The normalized spacial score (nSPS) is 15.3. The Balaban J connectivity index is 1.36. The first kappa shape index (κ1) is 17.9. The van der Waals surface area contributed by atoms with Crippen LogP contribution in [0, 0.1) is 13.8 Å². The zero-order valence-corrected chi connectivity index (χ0v) is 16.3. The predicted octanol–water partition coefficient (Wildman–Crippen LogP) is 3.76. The number of hydrogen-bond acceptors (Lipinski definition) is 6. The van der Waals surface area contributed by atoms with Crippen LogP contribution in [0.2, 0.25) is 0 Å². The Hall–Kier alpha value is -2.54. The summed E-state index contributed by atoms with van der Waals surface area (Å²) in [7, 11) is 0. The van der Waals surface area contributed by atoms with Gasteiger partial charge in [-0.05, 0) is 37.8 Å². The molecule has 0 N–H and O–H groups in total. The quantitative estimate of drug-likeness (QED) is 0.687. The zero-order chi connectivity index (χ0) is 18.8. The van der Waals surface area contributed by atoms with E-state index >= 15 is 0 Å². The van der Waals surface area contributed by atoms with Gasteiger partial charge in [0.15, 0.2) is 0 Å². The lowest BCUT2D eigenvalue weighted by molar-refractivity contribution is -0.131. The van der Waals surface area contributed by atoms with E-state index in [9.17, 15) is 4.79 Å². The number of hydrogen-bond donors (Lipinski definition) is 0. The standard InChI is InChI=1S/C20H22N4O2S/c1-13-5-3-4-6-16(13)11-17(25)24-9-7-15(8-10-24)19-22-23-20(26-19)18-14(2)21-12-27-18/h3-6,12,15H,7-11H2,1-2H3. The van der Waals surface area contributed by atoms with Gasteiger partial charge in [-0.2, -0.15) is 0 Å². The summed E-state index contributed by atoms with van der Waals surface area (Å²) in [5.74, 6) is 1.61. The van der Waals surface area contributed by atoms with Crippen LogP contribution >= 0.6 is 11.3 Å². The van der Waals surface area contributed by atoms with Crippen LogP contribution in [0.3, 0.4) is 0 Å². The van der Waals surface area contributed by atoms with Crippen molar-refractivity contribution in [1.82, 2.24) is 20.1 Å². The van der Waals surface area contributed by atoms with Crippen LogP contribution in [-0.2, 0) is 11.2 Å². The fourth-order valence-corrected chi connectivity index (χ4v) is 4.18. The van der Waals surface area contributed by atoms with E-state index in [1.54, 1.807) is 5.51 Å². The van der Waals surface area contributed by atoms with Gasteiger partial charge in [0.2, 0.25) is 11.8 Å². The number of carbonyl (C=O) groups excluding carboxylic acids is 1. The topological polar surface area (TPSA) is 72.1 Å². The van der Waals surface area contributed by atoms with Gasteiger partial charge in [0.05, 0.1) is 17.6 Å². The van der Waals surface area contributed by atoms with E-state index in [1.165, 1.54) is 11.3 Å². The van der Waals surface area contributed by atoms with Crippen molar-refractivity contribution >= 4 is 17.2 Å². The molecule has 0 bridgehead atoms. The number of amides is 1. The van der Waals surface area contributed by atoms with Gasteiger partial charge >= 0.3 is 0 Å². The highest BCUT2D eigenvalue weighted by atomic mass is 32.1. The van der Waals surface area contributed by atoms with E-state index < -0.39 is 0 Å². The first-order valence-corrected chi connectivity index (χ1v) is 10.1. The molecule has 0 atom stereocenters. The van der Waals surface area contributed by atoms with Crippen molar-refractivity contribution in [3.05, 3.63) is 52.5 Å². The van der Waals surface area contributed by atoms with Crippen molar-refractivity contribution in [3.63, 3.8) is 0 Å². The molecule has 0 radical (unpaired) electrons. The summed E-state index contributed by atoms with van der Waals surface area (Å²) in [5, 5.41) is 8.43. The van der Waals surface area contributed by atoms with E-state index in [4.69, 9.17) is 4.42 Å². The SMILES string of the molecule is Cc1ccccc1CC(=O)N1CCC(c2nnc(-c3scnc3C)o2)CC1. The zero-order valence-electron chi connectivity index (χ0n) is 15.5. The molecule has 0 spiro atoms. The number of aromatic nitrogens is 3. The number of piperidine rings is 1. The maximum atomic E-state index is 12.6. The number of benzene rings is 1. The average Bonchev–Trinajstić information content (AvgIpc) is 3.32. The Labute approximate surface area is 162 Å². The fraction of sp³-hybridized carbons (Fsp3) is 0.400. The molecule has 1 aliphatic heterocycles. The third-order valence-corrected chi connectivity index (χ3v) is 6.10. The van der Waals surface area contributed by atoms with Crippen molar-refractivity contribution in [1.29, 1.82) is 0 Å². The van der Waals surface area contributed by atoms with E-state index in [0.717, 1.165) is 47.6 Å². The molecule has 1 aromatic carbocycles. The number of nitrogens with zero attached hydrogens (tertiary/aromatic N) is 4. The first-order valence-electron chi connectivity index (χ1n) is 9.18. The summed E-state index contributed by atoms with van der Waals surface area (Å²) in [4.78, 5) is 19.7. The molecule has 3 heterocycles. The number of likely N-dealkylation sites (tertiary alicyclic amines) is 1. The fourth-order valence-electron chi connectivity index (χ4n) is 3.46. The van der Waals surface area contributed by atoms with Gasteiger partial charge in [-0.3, -0.25) is 4.79 Å². The van der Waals surface area contributed by atoms with Crippen molar-refractivity contribution in [2.24, 2.45) is 0 Å². The number of thiazole rings is 1. The Bertz CT molecular complexity index is 941. The van der Waals surface area contributed by atoms with Gasteiger partial charge in [-0.25, -0.2) is 4.98 Å². The van der Waals surface area contributed by atoms with Gasteiger partial charge in [-0.15, -0.1) is 21.5 Å². The maximum absolute atomic E-state index is 12.6. The van der Waals surface area contributed by atoms with Gasteiger partial charge < -0.3 is 9.32 Å². The van der Waals surface area contributed by atoms with Crippen LogP contribution in [0.5, 0.6) is 0 Å². The van der Waals surface area contributed by atoms with E-state index in [2.05, 4.69) is 15.2 Å². The molecule has 0 unspecified atom stereocenters. The molecule has 2 aromatic heterocycles. The lowest BCUT2D eigenvalue weighted by atomic mass is 9.96. The minimum Gasteiger partial charge on any atom is -0.420 e. The van der Waals surface area contributed by atoms with Crippen LogP contribution < -0.4 is 0 Å². The van der Waals surface area contributed by atoms with Gasteiger partial charge in [0.1, 0.15) is 4.88 Å². The van der Waals surface area contributed by atoms with Crippen LogP contribution in [0.4, 0.5) is 0 Å². The summed E-state index contributed by atoms with van der Waals surface area (Å²) in [5.41, 5.74) is 4.96. The highest BCUT2D eigenvalue weighted by molar-refractivity contribution is 7.13. The molecule has 0 saturated carbocycles. The van der Waals surface area contributed by atoms with E-state index in [-0.39, 0.29) is 11.8 Å². The van der Waals surface area contributed by atoms with Crippen LogP contribution in [-0.4, -0.2) is 39.1 Å². The molecule has 1 fully saturated rings. The largest absolute Gasteiger partial charge is 0.420 e. The molecule has 0 aliphatic carbocycles. The van der Waals surface area contributed by atoms with Crippen molar-refractivity contribution in [2.45, 2.75) is 39.0 Å². The summed E-state index contributed by atoms with van der Waals surface area (Å²) < 4.78 is 5.90. The lowest BCUT2D eigenvalue weighted by Gasteiger charge is -2.30.